The van der Waals surface area contributed by atoms with Crippen LogP contribution >= 0.6 is 0 Å². The van der Waals surface area contributed by atoms with Crippen molar-refractivity contribution in [3.63, 3.8) is 0 Å². The number of nitrogens with zero attached hydrogens (tertiary/aromatic N) is 3. The first-order chi connectivity index (χ1) is 4.66. The van der Waals surface area contributed by atoms with Gasteiger partial charge in [-0.3, -0.25) is 0 Å². The Morgan fingerprint density at radius 2 is 2.10 bits per heavy atom. The third kappa shape index (κ3) is 5.08. The van der Waals surface area contributed by atoms with Crippen LogP contribution in [-0.2, 0) is 0 Å². The Balaban J connectivity index is 3.81. The zero-order valence-corrected chi connectivity index (χ0v) is 6.50. The summed E-state index contributed by atoms with van der Waals surface area (Å²) in [5, 5.41) is 10.4. The van der Waals surface area contributed by atoms with Gasteiger partial charge in [-0.25, -0.2) is 5.53 Å². The summed E-state index contributed by atoms with van der Waals surface area (Å²) in [7, 11) is 0. The van der Waals surface area contributed by atoms with Gasteiger partial charge in [0.1, 0.15) is 0 Å². The number of amidine groups is 1. The van der Waals surface area contributed by atoms with Gasteiger partial charge in [0.15, 0.2) is 5.84 Å². The topological polar surface area (TPSA) is 60.9 Å². The molecular formula is C6H12N4. The Morgan fingerprint density at radius 1 is 1.50 bits per heavy atom. The highest BCUT2D eigenvalue weighted by Crippen LogP contribution is 1.86. The smallest absolute Gasteiger partial charge is 0.169 e. The molecule has 4 nitrogen and oxygen atoms in total. The molecule has 0 aromatic carbocycles. The van der Waals surface area contributed by atoms with Crippen molar-refractivity contribution in [3.05, 3.63) is 0 Å². The van der Waals surface area contributed by atoms with Gasteiger partial charge >= 0.3 is 0 Å². The van der Waals surface area contributed by atoms with Gasteiger partial charge in [-0.05, 0) is 12.8 Å². The average molecular weight is 140 g/mol. The van der Waals surface area contributed by atoms with E-state index in [1.54, 1.807) is 13.1 Å². The molecule has 0 unspecified atom stereocenters. The van der Waals surface area contributed by atoms with Gasteiger partial charge in [0.2, 0.25) is 0 Å². The SMILES string of the molecule is C/C(N=N)=N/N=C\C(C)C. The van der Waals surface area contributed by atoms with E-state index in [4.69, 9.17) is 5.53 Å². The lowest BCUT2D eigenvalue weighted by Gasteiger charge is -1.88. The average Bonchev–Trinajstić information content (AvgIpc) is 1.87. The van der Waals surface area contributed by atoms with Crippen LogP contribution in [0.15, 0.2) is 15.3 Å². The second-order valence-corrected chi connectivity index (χ2v) is 2.27. The van der Waals surface area contributed by atoms with E-state index in [0.29, 0.717) is 11.8 Å². The first kappa shape index (κ1) is 8.94. The first-order valence-electron chi connectivity index (χ1n) is 3.12. The summed E-state index contributed by atoms with van der Waals surface area (Å²) in [6.45, 7) is 5.64. The molecule has 56 valence electrons. The van der Waals surface area contributed by atoms with Gasteiger partial charge in [0, 0.05) is 6.21 Å². The molecule has 0 heterocycles. The molecule has 0 amide bonds. The van der Waals surface area contributed by atoms with E-state index < -0.39 is 0 Å². The van der Waals surface area contributed by atoms with Crippen LogP contribution in [0, 0.1) is 11.4 Å². The molecule has 0 aliphatic heterocycles. The number of nitrogens with one attached hydrogen (secondary N) is 1. The maximum atomic E-state index is 6.51. The number of hydrogen-bond acceptors (Lipinski definition) is 3. The molecule has 0 saturated carbocycles. The van der Waals surface area contributed by atoms with E-state index in [-0.39, 0.29) is 0 Å². The van der Waals surface area contributed by atoms with Crippen LogP contribution in [0.3, 0.4) is 0 Å². The molecular weight excluding hydrogens is 128 g/mol. The van der Waals surface area contributed by atoms with Crippen molar-refractivity contribution >= 4 is 12.1 Å². The zero-order chi connectivity index (χ0) is 7.98. The molecule has 0 aliphatic rings. The Labute approximate surface area is 60.6 Å². The van der Waals surface area contributed by atoms with Crippen LogP contribution < -0.4 is 0 Å². The van der Waals surface area contributed by atoms with Crippen molar-refractivity contribution in [2.45, 2.75) is 20.8 Å². The minimum atomic E-state index is 0.372. The molecule has 1 N–H and O–H groups in total. The molecule has 0 bridgehead atoms. The monoisotopic (exact) mass is 140 g/mol. The largest absolute Gasteiger partial charge is 0.203 e. The Hall–Kier alpha value is -1.06. The maximum Gasteiger partial charge on any atom is 0.169 e. The van der Waals surface area contributed by atoms with Crippen LogP contribution in [0.2, 0.25) is 0 Å². The number of hydrogen-bond donors (Lipinski definition) is 1. The molecule has 0 aromatic rings. The van der Waals surface area contributed by atoms with Gasteiger partial charge < -0.3 is 0 Å². The number of rotatable bonds is 2. The predicted molar refractivity (Wildman–Crippen MR) is 41.6 cm³/mol. The van der Waals surface area contributed by atoms with E-state index in [1.807, 2.05) is 13.8 Å². The van der Waals surface area contributed by atoms with Crippen LogP contribution in [0.5, 0.6) is 0 Å². The summed E-state index contributed by atoms with van der Waals surface area (Å²) in [4.78, 5) is 0. The molecule has 0 atom stereocenters. The zero-order valence-electron chi connectivity index (χ0n) is 6.50. The van der Waals surface area contributed by atoms with Crippen molar-refractivity contribution in [1.29, 1.82) is 5.53 Å². The lowest BCUT2D eigenvalue weighted by atomic mass is 10.3. The standard InChI is InChI=1S/C6H12N4/c1-5(2)4-8-10-6(3)9-7/h4-5,7H,1-3H3/b8-4-,9-7?,10-6-. The van der Waals surface area contributed by atoms with E-state index in [2.05, 4.69) is 15.3 Å². The Kier molecular flexibility index (Phi) is 4.28. The highest BCUT2D eigenvalue weighted by atomic mass is 15.2. The molecule has 0 fully saturated rings. The molecule has 0 radical (unpaired) electrons. The van der Waals surface area contributed by atoms with Crippen molar-refractivity contribution in [3.8, 4) is 0 Å². The second-order valence-electron chi connectivity index (χ2n) is 2.27. The maximum absolute atomic E-state index is 6.51. The lowest BCUT2D eigenvalue weighted by Crippen LogP contribution is -1.86. The van der Waals surface area contributed by atoms with Crippen molar-refractivity contribution in [2.75, 3.05) is 0 Å². The van der Waals surface area contributed by atoms with E-state index in [1.165, 1.54) is 0 Å². The minimum Gasteiger partial charge on any atom is -0.203 e. The van der Waals surface area contributed by atoms with Crippen LogP contribution in [0.1, 0.15) is 20.8 Å². The van der Waals surface area contributed by atoms with Crippen LogP contribution in [0.4, 0.5) is 0 Å². The molecule has 0 saturated heterocycles. The summed E-state index contributed by atoms with van der Waals surface area (Å²) in [5.74, 6) is 0.763. The predicted octanol–water partition coefficient (Wildman–Crippen LogP) is 2.08. The van der Waals surface area contributed by atoms with Gasteiger partial charge in [-0.2, -0.15) is 5.10 Å². The molecule has 0 aromatic heterocycles. The first-order valence-corrected chi connectivity index (χ1v) is 3.12. The summed E-state index contributed by atoms with van der Waals surface area (Å²) in [6.07, 6.45) is 1.70. The fourth-order valence-corrected chi connectivity index (χ4v) is 0.273. The Bertz CT molecular complexity index is 157. The van der Waals surface area contributed by atoms with E-state index in [9.17, 15) is 0 Å². The Morgan fingerprint density at radius 3 is 2.50 bits per heavy atom. The van der Waals surface area contributed by atoms with E-state index in [0.717, 1.165) is 0 Å². The molecule has 4 heteroatoms. The van der Waals surface area contributed by atoms with E-state index >= 15 is 0 Å². The molecule has 0 spiro atoms. The highest BCUT2D eigenvalue weighted by Gasteiger charge is 1.83. The second kappa shape index (κ2) is 4.78. The van der Waals surface area contributed by atoms with Crippen LogP contribution in [-0.4, -0.2) is 12.1 Å². The van der Waals surface area contributed by atoms with Gasteiger partial charge in [-0.1, -0.05) is 13.8 Å². The van der Waals surface area contributed by atoms with Crippen LogP contribution in [0.25, 0.3) is 0 Å². The molecule has 0 rings (SSSR count). The van der Waals surface area contributed by atoms with Crippen molar-refractivity contribution in [1.82, 2.24) is 0 Å². The van der Waals surface area contributed by atoms with Crippen molar-refractivity contribution < 1.29 is 0 Å². The minimum absolute atomic E-state index is 0.372. The summed E-state index contributed by atoms with van der Waals surface area (Å²) in [5.41, 5.74) is 6.51. The highest BCUT2D eigenvalue weighted by molar-refractivity contribution is 5.79. The summed E-state index contributed by atoms with van der Waals surface area (Å²) >= 11 is 0. The van der Waals surface area contributed by atoms with Gasteiger partial charge in [0.25, 0.3) is 0 Å². The summed E-state index contributed by atoms with van der Waals surface area (Å²) < 4.78 is 0. The lowest BCUT2D eigenvalue weighted by molar-refractivity contribution is 0.899. The van der Waals surface area contributed by atoms with Crippen molar-refractivity contribution in [2.24, 2.45) is 21.2 Å². The normalized spacial score (nSPS) is 13.0. The quantitative estimate of drug-likeness (QED) is 0.264. The molecule has 0 aliphatic carbocycles. The van der Waals surface area contributed by atoms with Gasteiger partial charge in [-0.15, -0.1) is 10.2 Å². The summed E-state index contributed by atoms with van der Waals surface area (Å²) in [6, 6.07) is 0. The third-order valence-electron chi connectivity index (χ3n) is 0.729. The third-order valence-corrected chi connectivity index (χ3v) is 0.729. The molecule has 10 heavy (non-hydrogen) atoms. The fraction of sp³-hybridized carbons (Fsp3) is 0.667. The van der Waals surface area contributed by atoms with Gasteiger partial charge in [0.05, 0.1) is 0 Å². The fourth-order valence-electron chi connectivity index (χ4n) is 0.273.